The van der Waals surface area contributed by atoms with Crippen LogP contribution >= 0.6 is 11.6 Å². The summed E-state index contributed by atoms with van der Waals surface area (Å²) in [7, 11) is 0. The van der Waals surface area contributed by atoms with Crippen molar-refractivity contribution in [2.45, 2.75) is 19.8 Å². The average molecular weight is 386 g/mol. The Labute approximate surface area is 160 Å². The zero-order valence-corrected chi connectivity index (χ0v) is 15.3. The number of nitrogens with one attached hydrogen (secondary N) is 1. The molecule has 3 aromatic rings. The van der Waals surface area contributed by atoms with Crippen molar-refractivity contribution in [3.8, 4) is 11.6 Å². The molecule has 0 aliphatic heterocycles. The first-order chi connectivity index (χ1) is 12.9. The molecule has 0 saturated heterocycles. The zero-order chi connectivity index (χ0) is 19.4. The van der Waals surface area contributed by atoms with Crippen LogP contribution in [0.3, 0.4) is 0 Å². The van der Waals surface area contributed by atoms with Crippen LogP contribution in [0.15, 0.2) is 48.9 Å². The summed E-state index contributed by atoms with van der Waals surface area (Å²) >= 11 is 5.80. The van der Waals surface area contributed by atoms with Crippen LogP contribution in [-0.2, 0) is 0 Å². The SMILES string of the molecule is CC(C)c1ccc(Oc2ncnc(Nc3ccc(Cl)cn3)c2[N+](=O)[O-])cc1. The Balaban J connectivity index is 1.91. The number of pyridine rings is 1. The van der Waals surface area contributed by atoms with Crippen LogP contribution < -0.4 is 10.1 Å². The average Bonchev–Trinajstić information content (AvgIpc) is 2.64. The summed E-state index contributed by atoms with van der Waals surface area (Å²) in [5.74, 6) is 0.975. The lowest BCUT2D eigenvalue weighted by atomic mass is 10.0. The number of hydrogen-bond donors (Lipinski definition) is 1. The summed E-state index contributed by atoms with van der Waals surface area (Å²) in [5, 5.41) is 14.8. The van der Waals surface area contributed by atoms with Crippen LogP contribution in [-0.4, -0.2) is 19.9 Å². The highest BCUT2D eigenvalue weighted by molar-refractivity contribution is 6.30. The van der Waals surface area contributed by atoms with Crippen molar-refractivity contribution in [1.29, 1.82) is 0 Å². The number of nitro groups is 1. The quantitative estimate of drug-likeness (QED) is 0.465. The summed E-state index contributed by atoms with van der Waals surface area (Å²) in [5.41, 5.74) is 0.748. The van der Waals surface area contributed by atoms with Gasteiger partial charge in [-0.25, -0.2) is 9.97 Å². The van der Waals surface area contributed by atoms with E-state index in [-0.39, 0.29) is 17.4 Å². The summed E-state index contributed by atoms with van der Waals surface area (Å²) in [6.07, 6.45) is 2.60. The van der Waals surface area contributed by atoms with Gasteiger partial charge in [-0.15, -0.1) is 0 Å². The number of rotatable bonds is 6. The Morgan fingerprint density at radius 1 is 1.11 bits per heavy atom. The van der Waals surface area contributed by atoms with Gasteiger partial charge in [0.15, 0.2) is 0 Å². The van der Waals surface area contributed by atoms with Gasteiger partial charge in [0, 0.05) is 6.20 Å². The van der Waals surface area contributed by atoms with E-state index in [2.05, 4.69) is 34.1 Å². The standard InChI is InChI=1S/C18H16ClN5O3/c1-11(2)12-3-6-14(7-4-12)27-18-16(24(25)26)17(21-10-22-18)23-15-8-5-13(19)9-20-15/h3-11H,1-2H3,(H,20,21,22,23). The van der Waals surface area contributed by atoms with Gasteiger partial charge in [0.05, 0.1) is 9.95 Å². The van der Waals surface area contributed by atoms with E-state index < -0.39 is 4.92 Å². The molecule has 8 nitrogen and oxygen atoms in total. The van der Waals surface area contributed by atoms with Gasteiger partial charge in [-0.2, -0.15) is 4.98 Å². The number of hydrogen-bond acceptors (Lipinski definition) is 7. The van der Waals surface area contributed by atoms with Gasteiger partial charge in [0.2, 0.25) is 5.82 Å². The molecule has 0 unspecified atom stereocenters. The second kappa shape index (κ2) is 7.96. The van der Waals surface area contributed by atoms with E-state index in [0.29, 0.717) is 22.5 Å². The number of benzene rings is 1. The van der Waals surface area contributed by atoms with Crippen LogP contribution in [0.25, 0.3) is 0 Å². The van der Waals surface area contributed by atoms with E-state index in [9.17, 15) is 10.1 Å². The molecule has 1 N–H and O–H groups in total. The van der Waals surface area contributed by atoms with Gasteiger partial charge in [-0.1, -0.05) is 37.6 Å². The fourth-order valence-electron chi connectivity index (χ4n) is 2.30. The van der Waals surface area contributed by atoms with Gasteiger partial charge in [-0.3, -0.25) is 10.1 Å². The highest BCUT2D eigenvalue weighted by Crippen LogP contribution is 2.35. The third-order valence-corrected chi connectivity index (χ3v) is 3.93. The molecule has 0 radical (unpaired) electrons. The van der Waals surface area contributed by atoms with Crippen LogP contribution in [0.1, 0.15) is 25.3 Å². The van der Waals surface area contributed by atoms with Crippen LogP contribution in [0.5, 0.6) is 11.6 Å². The van der Waals surface area contributed by atoms with Gasteiger partial charge < -0.3 is 10.1 Å². The molecule has 0 amide bonds. The molecule has 2 aromatic heterocycles. The van der Waals surface area contributed by atoms with Crippen LogP contribution in [0.2, 0.25) is 5.02 Å². The normalized spacial score (nSPS) is 10.7. The number of halogens is 1. The van der Waals surface area contributed by atoms with Crippen molar-refractivity contribution in [2.24, 2.45) is 0 Å². The number of anilines is 2. The molecule has 0 saturated carbocycles. The molecular formula is C18H16ClN5O3. The van der Waals surface area contributed by atoms with E-state index in [1.807, 2.05) is 12.1 Å². The number of aromatic nitrogens is 3. The molecule has 0 aliphatic rings. The molecule has 3 rings (SSSR count). The first kappa shape index (κ1) is 18.5. The smallest absolute Gasteiger partial charge is 0.373 e. The van der Waals surface area contributed by atoms with E-state index in [1.165, 1.54) is 12.5 Å². The Kier molecular flexibility index (Phi) is 5.46. The fourth-order valence-corrected chi connectivity index (χ4v) is 2.41. The minimum atomic E-state index is -0.601. The minimum Gasteiger partial charge on any atom is -0.434 e. The molecule has 27 heavy (non-hydrogen) atoms. The lowest BCUT2D eigenvalue weighted by Gasteiger charge is -2.10. The lowest BCUT2D eigenvalue weighted by molar-refractivity contribution is -0.385. The summed E-state index contributed by atoms with van der Waals surface area (Å²) in [6, 6.07) is 10.5. The molecule has 1 aromatic carbocycles. The first-order valence-electron chi connectivity index (χ1n) is 8.10. The summed E-state index contributed by atoms with van der Waals surface area (Å²) in [6.45, 7) is 4.15. The molecule has 0 bridgehead atoms. The highest BCUT2D eigenvalue weighted by atomic mass is 35.5. The molecule has 0 spiro atoms. The predicted octanol–water partition coefficient (Wildman–Crippen LogP) is 5.09. The van der Waals surface area contributed by atoms with Crippen LogP contribution in [0.4, 0.5) is 17.3 Å². The second-order valence-corrected chi connectivity index (χ2v) is 6.38. The fraction of sp³-hybridized carbons (Fsp3) is 0.167. The number of nitrogens with zero attached hydrogens (tertiary/aromatic N) is 4. The Bertz CT molecular complexity index is 946. The van der Waals surface area contributed by atoms with Crippen molar-refractivity contribution in [2.75, 3.05) is 5.32 Å². The van der Waals surface area contributed by atoms with Crippen molar-refractivity contribution < 1.29 is 9.66 Å². The molecule has 0 atom stereocenters. The maximum Gasteiger partial charge on any atom is 0.373 e. The van der Waals surface area contributed by atoms with E-state index >= 15 is 0 Å². The number of ether oxygens (including phenoxy) is 1. The topological polar surface area (TPSA) is 103 Å². The largest absolute Gasteiger partial charge is 0.434 e. The van der Waals surface area contributed by atoms with Crippen molar-refractivity contribution in [3.05, 3.63) is 69.6 Å². The molecule has 0 aliphatic carbocycles. The van der Waals surface area contributed by atoms with E-state index in [0.717, 1.165) is 5.56 Å². The predicted molar refractivity (Wildman–Crippen MR) is 102 cm³/mol. The zero-order valence-electron chi connectivity index (χ0n) is 14.6. The van der Waals surface area contributed by atoms with Crippen molar-refractivity contribution in [1.82, 2.24) is 15.0 Å². The Morgan fingerprint density at radius 3 is 2.44 bits per heavy atom. The van der Waals surface area contributed by atoms with E-state index in [4.69, 9.17) is 16.3 Å². The third-order valence-electron chi connectivity index (χ3n) is 3.71. The maximum absolute atomic E-state index is 11.6. The third kappa shape index (κ3) is 4.48. The molecule has 0 fully saturated rings. The molecule has 2 heterocycles. The lowest BCUT2D eigenvalue weighted by Crippen LogP contribution is -2.04. The minimum absolute atomic E-state index is 0.0291. The summed E-state index contributed by atoms with van der Waals surface area (Å²) < 4.78 is 5.63. The second-order valence-electron chi connectivity index (χ2n) is 5.95. The van der Waals surface area contributed by atoms with Gasteiger partial charge in [0.1, 0.15) is 17.9 Å². The summed E-state index contributed by atoms with van der Waals surface area (Å²) in [4.78, 5) is 22.9. The Morgan fingerprint density at radius 2 is 1.85 bits per heavy atom. The first-order valence-corrected chi connectivity index (χ1v) is 8.47. The van der Waals surface area contributed by atoms with Crippen LogP contribution in [0, 0.1) is 10.1 Å². The van der Waals surface area contributed by atoms with Gasteiger partial charge in [-0.05, 0) is 35.7 Å². The van der Waals surface area contributed by atoms with Crippen molar-refractivity contribution in [3.63, 3.8) is 0 Å². The van der Waals surface area contributed by atoms with Crippen molar-refractivity contribution >= 4 is 28.9 Å². The molecular weight excluding hydrogens is 370 g/mol. The van der Waals surface area contributed by atoms with E-state index in [1.54, 1.807) is 24.3 Å². The van der Waals surface area contributed by atoms with Gasteiger partial charge in [0.25, 0.3) is 0 Å². The van der Waals surface area contributed by atoms with Gasteiger partial charge >= 0.3 is 11.6 Å². The maximum atomic E-state index is 11.6. The highest BCUT2D eigenvalue weighted by Gasteiger charge is 2.25. The monoisotopic (exact) mass is 385 g/mol. The molecule has 138 valence electrons. The Hall–Kier alpha value is -3.26. The molecule has 9 heteroatoms.